The summed E-state index contributed by atoms with van der Waals surface area (Å²) in [5.74, 6) is 0.446. The van der Waals surface area contributed by atoms with Crippen LogP contribution in [0.5, 0.6) is 0 Å². The summed E-state index contributed by atoms with van der Waals surface area (Å²) >= 11 is 0. The van der Waals surface area contributed by atoms with Gasteiger partial charge in [0.25, 0.3) is 0 Å². The van der Waals surface area contributed by atoms with Crippen molar-refractivity contribution >= 4 is 17.6 Å². The molecular weight excluding hydrogens is 360 g/mol. The molecule has 0 radical (unpaired) electrons. The van der Waals surface area contributed by atoms with Crippen LogP contribution < -0.4 is 5.32 Å². The number of aromatic nitrogens is 3. The number of ether oxygens (including phenoxy) is 1. The van der Waals surface area contributed by atoms with E-state index in [4.69, 9.17) is 9.26 Å². The van der Waals surface area contributed by atoms with Gasteiger partial charge < -0.3 is 14.6 Å². The Morgan fingerprint density at radius 3 is 2.71 bits per heavy atom. The monoisotopic (exact) mass is 380 g/mol. The maximum atomic E-state index is 12.1. The number of benzene rings is 1. The summed E-state index contributed by atoms with van der Waals surface area (Å²) in [7, 11) is 0. The Hall–Kier alpha value is -3.55. The zero-order valence-electron chi connectivity index (χ0n) is 15.4. The van der Waals surface area contributed by atoms with Crippen molar-refractivity contribution in [2.45, 2.75) is 26.2 Å². The van der Waals surface area contributed by atoms with Gasteiger partial charge in [-0.2, -0.15) is 4.98 Å². The Morgan fingerprint density at radius 1 is 1.18 bits per heavy atom. The van der Waals surface area contributed by atoms with E-state index in [9.17, 15) is 9.59 Å². The van der Waals surface area contributed by atoms with Crippen LogP contribution in [0.4, 0.5) is 5.69 Å². The second-order valence-electron chi connectivity index (χ2n) is 5.95. The van der Waals surface area contributed by atoms with Gasteiger partial charge in [0.05, 0.1) is 12.2 Å². The van der Waals surface area contributed by atoms with Crippen molar-refractivity contribution in [2.24, 2.45) is 0 Å². The Morgan fingerprint density at radius 2 is 2.00 bits per heavy atom. The molecule has 28 heavy (non-hydrogen) atoms. The highest BCUT2D eigenvalue weighted by atomic mass is 16.5. The van der Waals surface area contributed by atoms with Crippen LogP contribution in [0.15, 0.2) is 53.3 Å². The summed E-state index contributed by atoms with van der Waals surface area (Å²) < 4.78 is 10.1. The minimum absolute atomic E-state index is 0.129. The molecule has 2 aromatic heterocycles. The van der Waals surface area contributed by atoms with E-state index in [1.807, 2.05) is 6.07 Å². The molecule has 3 rings (SSSR count). The van der Waals surface area contributed by atoms with E-state index in [0.717, 1.165) is 5.56 Å². The standard InChI is InChI=1S/C20H20N4O4/c1-2-27-20(26)14-8-10-16(11-9-14)22-17(25)6-3-7-18-23-19(24-28-18)15-5-4-12-21-13-15/h4-5,8-13H,2-3,6-7H2,1H3,(H,22,25). The van der Waals surface area contributed by atoms with Crippen LogP contribution in [0, 0.1) is 0 Å². The molecule has 8 nitrogen and oxygen atoms in total. The zero-order chi connectivity index (χ0) is 19.8. The third kappa shape index (κ3) is 5.23. The number of pyridine rings is 1. The van der Waals surface area contributed by atoms with Gasteiger partial charge in [-0.25, -0.2) is 4.79 Å². The maximum absolute atomic E-state index is 12.1. The Bertz CT molecular complexity index is 923. The second-order valence-corrected chi connectivity index (χ2v) is 5.95. The van der Waals surface area contributed by atoms with Gasteiger partial charge in [-0.1, -0.05) is 5.16 Å². The predicted molar refractivity (Wildman–Crippen MR) is 101 cm³/mol. The highest BCUT2D eigenvalue weighted by molar-refractivity contribution is 5.93. The SMILES string of the molecule is CCOC(=O)c1ccc(NC(=O)CCCc2nc(-c3cccnc3)no2)cc1. The van der Waals surface area contributed by atoms with Gasteiger partial charge in [0, 0.05) is 36.5 Å². The van der Waals surface area contributed by atoms with Gasteiger partial charge in [-0.3, -0.25) is 9.78 Å². The van der Waals surface area contributed by atoms with Crippen LogP contribution in [0.25, 0.3) is 11.4 Å². The van der Waals surface area contributed by atoms with Crippen molar-refractivity contribution in [3.8, 4) is 11.4 Å². The third-order valence-corrected chi connectivity index (χ3v) is 3.86. The van der Waals surface area contributed by atoms with Crippen LogP contribution in [-0.4, -0.2) is 33.6 Å². The fourth-order valence-corrected chi connectivity index (χ4v) is 2.50. The lowest BCUT2D eigenvalue weighted by Gasteiger charge is -2.06. The summed E-state index contributed by atoms with van der Waals surface area (Å²) in [5.41, 5.74) is 1.84. The molecule has 0 bridgehead atoms. The Labute approximate surface area is 161 Å². The van der Waals surface area contributed by atoms with Crippen molar-refractivity contribution < 1.29 is 18.8 Å². The molecule has 0 atom stereocenters. The molecule has 0 fully saturated rings. The number of aryl methyl sites for hydroxylation is 1. The number of nitrogens with zero attached hydrogens (tertiary/aromatic N) is 3. The molecule has 0 aliphatic rings. The van der Waals surface area contributed by atoms with Crippen molar-refractivity contribution in [2.75, 3.05) is 11.9 Å². The fraction of sp³-hybridized carbons (Fsp3) is 0.250. The average molecular weight is 380 g/mol. The lowest BCUT2D eigenvalue weighted by Crippen LogP contribution is -2.12. The van der Waals surface area contributed by atoms with E-state index in [2.05, 4.69) is 20.4 Å². The zero-order valence-corrected chi connectivity index (χ0v) is 15.4. The second kappa shape index (κ2) is 9.40. The topological polar surface area (TPSA) is 107 Å². The fourth-order valence-electron chi connectivity index (χ4n) is 2.50. The summed E-state index contributed by atoms with van der Waals surface area (Å²) in [5, 5.41) is 6.71. The van der Waals surface area contributed by atoms with Gasteiger partial charge in [-0.05, 0) is 49.7 Å². The van der Waals surface area contributed by atoms with Gasteiger partial charge in [0.1, 0.15) is 0 Å². The lowest BCUT2D eigenvalue weighted by molar-refractivity contribution is -0.116. The summed E-state index contributed by atoms with van der Waals surface area (Å²) in [6, 6.07) is 10.2. The molecule has 3 aromatic rings. The quantitative estimate of drug-likeness (QED) is 0.598. The minimum Gasteiger partial charge on any atom is -0.462 e. The largest absolute Gasteiger partial charge is 0.462 e. The van der Waals surface area contributed by atoms with Crippen LogP contribution >= 0.6 is 0 Å². The number of carbonyl (C=O) groups excluding carboxylic acids is 2. The van der Waals surface area contributed by atoms with E-state index in [1.165, 1.54) is 0 Å². The number of amides is 1. The highest BCUT2D eigenvalue weighted by Gasteiger charge is 2.10. The Balaban J connectivity index is 1.45. The van der Waals surface area contributed by atoms with Crippen molar-refractivity contribution in [3.63, 3.8) is 0 Å². The molecule has 144 valence electrons. The van der Waals surface area contributed by atoms with Crippen LogP contribution in [0.2, 0.25) is 0 Å². The number of esters is 1. The van der Waals surface area contributed by atoms with Crippen LogP contribution in [-0.2, 0) is 16.0 Å². The number of hydrogen-bond donors (Lipinski definition) is 1. The van der Waals surface area contributed by atoms with E-state index in [-0.39, 0.29) is 11.9 Å². The normalized spacial score (nSPS) is 10.5. The van der Waals surface area contributed by atoms with E-state index in [1.54, 1.807) is 49.6 Å². The van der Waals surface area contributed by atoms with Crippen LogP contribution in [0.1, 0.15) is 36.0 Å². The minimum atomic E-state index is -0.384. The first-order valence-corrected chi connectivity index (χ1v) is 8.95. The molecule has 0 spiro atoms. The number of nitrogens with one attached hydrogen (secondary N) is 1. The molecule has 1 amide bonds. The average Bonchev–Trinajstić information content (AvgIpc) is 3.18. The molecule has 0 saturated heterocycles. The first-order valence-electron chi connectivity index (χ1n) is 8.95. The van der Waals surface area contributed by atoms with Gasteiger partial charge in [-0.15, -0.1) is 0 Å². The van der Waals surface area contributed by atoms with Gasteiger partial charge in [0.2, 0.25) is 17.6 Å². The third-order valence-electron chi connectivity index (χ3n) is 3.86. The molecular formula is C20H20N4O4. The molecule has 1 aromatic carbocycles. The summed E-state index contributed by atoms with van der Waals surface area (Å²) in [6.07, 6.45) is 4.72. The van der Waals surface area contributed by atoms with E-state index >= 15 is 0 Å². The summed E-state index contributed by atoms with van der Waals surface area (Å²) in [6.45, 7) is 2.07. The lowest BCUT2D eigenvalue weighted by atomic mass is 10.2. The van der Waals surface area contributed by atoms with Crippen molar-refractivity contribution in [1.82, 2.24) is 15.1 Å². The first kappa shape index (κ1) is 19.2. The Kier molecular flexibility index (Phi) is 6.46. The van der Waals surface area contributed by atoms with E-state index < -0.39 is 0 Å². The predicted octanol–water partition coefficient (Wildman–Crippen LogP) is 3.27. The van der Waals surface area contributed by atoms with Crippen LogP contribution in [0.3, 0.4) is 0 Å². The first-order chi connectivity index (χ1) is 13.7. The number of anilines is 1. The van der Waals surface area contributed by atoms with Crippen molar-refractivity contribution in [3.05, 3.63) is 60.2 Å². The number of rotatable bonds is 8. The molecule has 0 saturated carbocycles. The number of carbonyl (C=O) groups is 2. The highest BCUT2D eigenvalue weighted by Crippen LogP contribution is 2.15. The maximum Gasteiger partial charge on any atom is 0.338 e. The van der Waals surface area contributed by atoms with Gasteiger partial charge >= 0.3 is 5.97 Å². The molecule has 0 aliphatic heterocycles. The molecule has 0 aliphatic carbocycles. The smallest absolute Gasteiger partial charge is 0.338 e. The number of hydrogen-bond acceptors (Lipinski definition) is 7. The summed E-state index contributed by atoms with van der Waals surface area (Å²) in [4.78, 5) is 32.0. The molecule has 0 unspecified atom stereocenters. The van der Waals surface area contributed by atoms with E-state index in [0.29, 0.717) is 48.8 Å². The van der Waals surface area contributed by atoms with Gasteiger partial charge in [0.15, 0.2) is 0 Å². The molecule has 2 heterocycles. The molecule has 8 heteroatoms. The van der Waals surface area contributed by atoms with Crippen molar-refractivity contribution in [1.29, 1.82) is 0 Å². The molecule has 1 N–H and O–H groups in total.